The molecule has 0 aromatic rings. The highest BCUT2D eigenvalue weighted by Gasteiger charge is 2.19. The standard InChI is InChI=1S/C68H124O6/c1-4-7-10-13-16-19-22-25-28-30-31-32-33-34-35-36-37-39-40-43-46-49-52-55-58-61-67(70)73-64-65(63-72-66(69)60-57-54-51-48-45-42-27-24-21-18-15-12-9-6-3)74-68(71)62-59-56-53-50-47-44-41-38-29-26-23-20-17-14-11-8-5-2/h8,11,17,20,26,29-31,65H,4-7,9-10,12-16,18-19,21-25,27-28,32-64H2,1-3H3/b11-8-,20-17-,29-26-,31-30-. The van der Waals surface area contributed by atoms with Crippen LogP contribution < -0.4 is 0 Å². The summed E-state index contributed by atoms with van der Waals surface area (Å²) in [6.45, 7) is 6.58. The van der Waals surface area contributed by atoms with Crippen LogP contribution in [0.3, 0.4) is 0 Å². The SMILES string of the molecule is CC/C=C\C/C=C\C/C=C\CCCCCCCCCC(=O)OC(COC(=O)CCCCCCCCCCCCCCCC)COC(=O)CCCCCCCCCCCCCCC/C=C\CCCCCCCCCC. The Hall–Kier alpha value is -2.63. The first-order valence-electron chi connectivity index (χ1n) is 32.6. The third kappa shape index (κ3) is 60.2. The molecule has 6 heteroatoms. The Labute approximate surface area is 460 Å². The number of carbonyl (C=O) groups excluding carboxylic acids is 3. The van der Waals surface area contributed by atoms with E-state index in [0.29, 0.717) is 19.3 Å². The van der Waals surface area contributed by atoms with Gasteiger partial charge in [0.1, 0.15) is 13.2 Å². The third-order valence-corrected chi connectivity index (χ3v) is 14.6. The van der Waals surface area contributed by atoms with E-state index in [0.717, 1.165) is 83.5 Å². The molecule has 0 amide bonds. The maximum Gasteiger partial charge on any atom is 0.306 e. The van der Waals surface area contributed by atoms with Crippen LogP contribution >= 0.6 is 0 Å². The summed E-state index contributed by atoms with van der Waals surface area (Å²) in [6.07, 6.45) is 78.4. The molecule has 0 fully saturated rings. The smallest absolute Gasteiger partial charge is 0.306 e. The van der Waals surface area contributed by atoms with Crippen LogP contribution in [0.2, 0.25) is 0 Å². The summed E-state index contributed by atoms with van der Waals surface area (Å²) in [7, 11) is 0. The van der Waals surface area contributed by atoms with Crippen LogP contribution in [-0.4, -0.2) is 37.2 Å². The second-order valence-electron chi connectivity index (χ2n) is 22.0. The highest BCUT2D eigenvalue weighted by molar-refractivity contribution is 5.71. The van der Waals surface area contributed by atoms with E-state index in [-0.39, 0.29) is 31.1 Å². The van der Waals surface area contributed by atoms with Gasteiger partial charge in [0, 0.05) is 19.3 Å². The maximum atomic E-state index is 12.9. The van der Waals surface area contributed by atoms with Gasteiger partial charge in [-0.05, 0) is 77.0 Å². The summed E-state index contributed by atoms with van der Waals surface area (Å²) in [5.41, 5.74) is 0. The molecule has 6 nitrogen and oxygen atoms in total. The van der Waals surface area contributed by atoms with Crippen molar-refractivity contribution in [2.24, 2.45) is 0 Å². The van der Waals surface area contributed by atoms with E-state index in [9.17, 15) is 14.4 Å². The van der Waals surface area contributed by atoms with Crippen LogP contribution in [0.5, 0.6) is 0 Å². The number of rotatable bonds is 60. The Kier molecular flexibility index (Phi) is 60.7. The zero-order valence-electron chi connectivity index (χ0n) is 49.6. The van der Waals surface area contributed by atoms with Gasteiger partial charge < -0.3 is 14.2 Å². The fourth-order valence-electron chi connectivity index (χ4n) is 9.69. The normalized spacial score (nSPS) is 12.3. The first-order valence-corrected chi connectivity index (χ1v) is 32.6. The summed E-state index contributed by atoms with van der Waals surface area (Å²) in [4.78, 5) is 38.3. The first-order chi connectivity index (χ1) is 36.5. The number of unbranched alkanes of at least 4 members (excludes halogenated alkanes) is 41. The molecule has 0 N–H and O–H groups in total. The van der Waals surface area contributed by atoms with Gasteiger partial charge in [-0.2, -0.15) is 0 Å². The quantitative estimate of drug-likeness (QED) is 0.0261. The van der Waals surface area contributed by atoms with E-state index in [1.54, 1.807) is 0 Å². The second kappa shape index (κ2) is 62.9. The van der Waals surface area contributed by atoms with Gasteiger partial charge in [-0.3, -0.25) is 14.4 Å². The lowest BCUT2D eigenvalue weighted by Gasteiger charge is -2.18. The minimum atomic E-state index is -0.777. The molecule has 0 aromatic carbocycles. The molecular weight excluding hydrogens is 913 g/mol. The summed E-state index contributed by atoms with van der Waals surface area (Å²) in [6, 6.07) is 0. The molecule has 0 radical (unpaired) electrons. The van der Waals surface area contributed by atoms with Crippen LogP contribution in [0, 0.1) is 0 Å². The predicted octanol–water partition coefficient (Wildman–Crippen LogP) is 22.2. The van der Waals surface area contributed by atoms with Gasteiger partial charge >= 0.3 is 17.9 Å². The third-order valence-electron chi connectivity index (χ3n) is 14.6. The van der Waals surface area contributed by atoms with E-state index in [2.05, 4.69) is 69.4 Å². The average Bonchev–Trinajstić information content (AvgIpc) is 3.40. The van der Waals surface area contributed by atoms with Crippen molar-refractivity contribution in [1.29, 1.82) is 0 Å². The van der Waals surface area contributed by atoms with E-state index in [4.69, 9.17) is 14.2 Å². The zero-order chi connectivity index (χ0) is 53.6. The lowest BCUT2D eigenvalue weighted by Crippen LogP contribution is -2.30. The van der Waals surface area contributed by atoms with E-state index in [1.807, 2.05) is 0 Å². The van der Waals surface area contributed by atoms with Gasteiger partial charge in [0.05, 0.1) is 0 Å². The van der Waals surface area contributed by atoms with E-state index in [1.165, 1.54) is 225 Å². The molecule has 1 unspecified atom stereocenters. The topological polar surface area (TPSA) is 78.9 Å². The fraction of sp³-hybridized carbons (Fsp3) is 0.838. The van der Waals surface area contributed by atoms with Crippen molar-refractivity contribution in [1.82, 2.24) is 0 Å². The van der Waals surface area contributed by atoms with Crippen LogP contribution in [0.1, 0.15) is 348 Å². The maximum absolute atomic E-state index is 12.9. The minimum Gasteiger partial charge on any atom is -0.462 e. The van der Waals surface area contributed by atoms with Crippen molar-refractivity contribution in [3.8, 4) is 0 Å². The molecule has 0 aliphatic rings. The number of hydrogen-bond acceptors (Lipinski definition) is 6. The Balaban J connectivity index is 4.26. The number of carbonyl (C=O) groups is 3. The van der Waals surface area contributed by atoms with Crippen LogP contribution in [0.15, 0.2) is 48.6 Å². The Bertz CT molecular complexity index is 1280. The Morgan fingerprint density at radius 1 is 0.284 bits per heavy atom. The fourth-order valence-corrected chi connectivity index (χ4v) is 9.69. The molecule has 0 heterocycles. The molecule has 0 bridgehead atoms. The average molecular weight is 1040 g/mol. The van der Waals surface area contributed by atoms with Gasteiger partial charge in [0.25, 0.3) is 0 Å². The van der Waals surface area contributed by atoms with Crippen molar-refractivity contribution in [3.63, 3.8) is 0 Å². The van der Waals surface area contributed by atoms with Crippen LogP contribution in [0.25, 0.3) is 0 Å². The summed E-state index contributed by atoms with van der Waals surface area (Å²) < 4.78 is 16.9. The second-order valence-corrected chi connectivity index (χ2v) is 22.0. The number of hydrogen-bond donors (Lipinski definition) is 0. The number of esters is 3. The van der Waals surface area contributed by atoms with Gasteiger partial charge in [-0.1, -0.05) is 301 Å². The van der Waals surface area contributed by atoms with Gasteiger partial charge in [-0.15, -0.1) is 0 Å². The van der Waals surface area contributed by atoms with Crippen molar-refractivity contribution in [2.75, 3.05) is 13.2 Å². The van der Waals surface area contributed by atoms with Gasteiger partial charge in [0.2, 0.25) is 0 Å². The molecule has 0 aliphatic heterocycles. The predicted molar refractivity (Wildman–Crippen MR) is 321 cm³/mol. The zero-order valence-corrected chi connectivity index (χ0v) is 49.6. The minimum absolute atomic E-state index is 0.0731. The first kappa shape index (κ1) is 71.4. The van der Waals surface area contributed by atoms with E-state index >= 15 is 0 Å². The summed E-state index contributed by atoms with van der Waals surface area (Å²) >= 11 is 0. The lowest BCUT2D eigenvalue weighted by atomic mass is 10.0. The summed E-state index contributed by atoms with van der Waals surface area (Å²) in [5, 5.41) is 0. The highest BCUT2D eigenvalue weighted by atomic mass is 16.6. The molecule has 74 heavy (non-hydrogen) atoms. The number of allylic oxidation sites excluding steroid dienone is 8. The van der Waals surface area contributed by atoms with Crippen LogP contribution in [-0.2, 0) is 28.6 Å². The van der Waals surface area contributed by atoms with Crippen molar-refractivity contribution >= 4 is 17.9 Å². The van der Waals surface area contributed by atoms with Crippen molar-refractivity contribution in [2.45, 2.75) is 354 Å². The molecule has 1 atom stereocenters. The lowest BCUT2D eigenvalue weighted by molar-refractivity contribution is -0.167. The molecule has 0 saturated carbocycles. The van der Waals surface area contributed by atoms with Gasteiger partial charge in [0.15, 0.2) is 6.10 Å². The highest BCUT2D eigenvalue weighted by Crippen LogP contribution is 2.17. The molecule has 0 saturated heterocycles. The summed E-state index contributed by atoms with van der Waals surface area (Å²) in [5.74, 6) is -0.861. The Morgan fingerprint density at radius 2 is 0.527 bits per heavy atom. The molecule has 0 rings (SSSR count). The van der Waals surface area contributed by atoms with Crippen LogP contribution in [0.4, 0.5) is 0 Å². The monoisotopic (exact) mass is 1040 g/mol. The molecule has 0 spiro atoms. The van der Waals surface area contributed by atoms with Crippen molar-refractivity contribution in [3.05, 3.63) is 48.6 Å². The van der Waals surface area contributed by atoms with Crippen molar-refractivity contribution < 1.29 is 28.6 Å². The molecular formula is C68H124O6. The Morgan fingerprint density at radius 3 is 0.838 bits per heavy atom. The van der Waals surface area contributed by atoms with Gasteiger partial charge in [-0.25, -0.2) is 0 Å². The largest absolute Gasteiger partial charge is 0.462 e. The molecule has 432 valence electrons. The molecule has 0 aromatic heterocycles. The number of ether oxygens (including phenoxy) is 3. The molecule has 0 aliphatic carbocycles. The van der Waals surface area contributed by atoms with E-state index < -0.39 is 6.10 Å².